The standard InChI is InChI=1S/C14H9F2NO4/c1-8-6-9(2-5-13(8)17(19)20)14(18)21-10-3-4-11(15)12(16)7-10/h2-7H,1H3. The van der Waals surface area contributed by atoms with Gasteiger partial charge in [0, 0.05) is 17.7 Å². The Balaban J connectivity index is 2.22. The summed E-state index contributed by atoms with van der Waals surface area (Å²) in [5, 5.41) is 10.7. The molecule has 21 heavy (non-hydrogen) atoms. The van der Waals surface area contributed by atoms with Crippen molar-refractivity contribution in [1.82, 2.24) is 0 Å². The van der Waals surface area contributed by atoms with E-state index in [1.54, 1.807) is 0 Å². The van der Waals surface area contributed by atoms with Gasteiger partial charge in [-0.05, 0) is 31.2 Å². The number of aryl methyl sites for hydroxylation is 1. The lowest BCUT2D eigenvalue weighted by atomic mass is 10.1. The van der Waals surface area contributed by atoms with Gasteiger partial charge >= 0.3 is 5.97 Å². The summed E-state index contributed by atoms with van der Waals surface area (Å²) >= 11 is 0. The Morgan fingerprint density at radius 3 is 2.43 bits per heavy atom. The first-order chi connectivity index (χ1) is 9.88. The largest absolute Gasteiger partial charge is 0.423 e. The molecule has 0 aliphatic rings. The van der Waals surface area contributed by atoms with Crippen molar-refractivity contribution in [2.45, 2.75) is 6.92 Å². The third-order valence-corrected chi connectivity index (χ3v) is 2.73. The second-order valence-corrected chi connectivity index (χ2v) is 4.22. The minimum absolute atomic E-state index is 0.0721. The fourth-order valence-electron chi connectivity index (χ4n) is 1.69. The Morgan fingerprint density at radius 2 is 1.86 bits per heavy atom. The van der Waals surface area contributed by atoms with Crippen molar-refractivity contribution < 1.29 is 23.2 Å². The van der Waals surface area contributed by atoms with E-state index in [1.807, 2.05) is 0 Å². The molecular weight excluding hydrogens is 284 g/mol. The van der Waals surface area contributed by atoms with E-state index in [-0.39, 0.29) is 17.0 Å². The maximum atomic E-state index is 13.0. The molecule has 0 N–H and O–H groups in total. The van der Waals surface area contributed by atoms with Crippen LogP contribution in [-0.2, 0) is 0 Å². The average molecular weight is 293 g/mol. The first-order valence-corrected chi connectivity index (χ1v) is 5.81. The second kappa shape index (κ2) is 5.66. The molecule has 0 saturated heterocycles. The minimum Gasteiger partial charge on any atom is -0.423 e. The van der Waals surface area contributed by atoms with E-state index in [0.717, 1.165) is 18.2 Å². The van der Waals surface area contributed by atoms with Crippen molar-refractivity contribution in [1.29, 1.82) is 0 Å². The number of esters is 1. The van der Waals surface area contributed by atoms with Crippen LogP contribution < -0.4 is 4.74 Å². The maximum absolute atomic E-state index is 13.0. The normalized spacial score (nSPS) is 10.2. The smallest absolute Gasteiger partial charge is 0.343 e. The molecule has 5 nitrogen and oxygen atoms in total. The topological polar surface area (TPSA) is 69.4 Å². The van der Waals surface area contributed by atoms with Gasteiger partial charge in [-0.25, -0.2) is 13.6 Å². The Bertz CT molecular complexity index is 731. The molecule has 0 amide bonds. The van der Waals surface area contributed by atoms with Crippen molar-refractivity contribution in [3.05, 3.63) is 69.3 Å². The van der Waals surface area contributed by atoms with E-state index in [0.29, 0.717) is 5.56 Å². The molecule has 2 rings (SSSR count). The van der Waals surface area contributed by atoms with Gasteiger partial charge in [0.25, 0.3) is 5.69 Å². The number of rotatable bonds is 3. The van der Waals surface area contributed by atoms with Gasteiger partial charge in [0.15, 0.2) is 11.6 Å². The van der Waals surface area contributed by atoms with E-state index in [9.17, 15) is 23.7 Å². The molecule has 108 valence electrons. The Morgan fingerprint density at radius 1 is 1.14 bits per heavy atom. The molecule has 2 aromatic rings. The Kier molecular flexibility index (Phi) is 3.93. The first-order valence-electron chi connectivity index (χ1n) is 5.81. The number of nitrogens with zero attached hydrogens (tertiary/aromatic N) is 1. The molecule has 0 radical (unpaired) electrons. The third-order valence-electron chi connectivity index (χ3n) is 2.73. The van der Waals surface area contributed by atoms with Crippen LogP contribution >= 0.6 is 0 Å². The van der Waals surface area contributed by atoms with Crippen LogP contribution in [0, 0.1) is 28.7 Å². The van der Waals surface area contributed by atoms with Crippen molar-refractivity contribution in [2.24, 2.45) is 0 Å². The number of carbonyl (C=O) groups excluding carboxylic acids is 1. The summed E-state index contributed by atoms with van der Waals surface area (Å²) in [6, 6.07) is 6.38. The van der Waals surface area contributed by atoms with Crippen LogP contribution in [0.1, 0.15) is 15.9 Å². The summed E-state index contributed by atoms with van der Waals surface area (Å²) in [5.41, 5.74) is 0.238. The summed E-state index contributed by atoms with van der Waals surface area (Å²) in [6.07, 6.45) is 0. The minimum atomic E-state index is -1.14. The van der Waals surface area contributed by atoms with Crippen LogP contribution in [0.25, 0.3) is 0 Å². The quantitative estimate of drug-likeness (QED) is 0.376. The van der Waals surface area contributed by atoms with Crippen LogP contribution in [0.2, 0.25) is 0 Å². The maximum Gasteiger partial charge on any atom is 0.343 e. The molecule has 0 bridgehead atoms. The van der Waals surface area contributed by atoms with Gasteiger partial charge in [-0.2, -0.15) is 0 Å². The molecule has 0 aliphatic heterocycles. The molecule has 0 saturated carbocycles. The summed E-state index contributed by atoms with van der Waals surface area (Å²) < 4.78 is 30.6. The fraction of sp³-hybridized carbons (Fsp3) is 0.0714. The molecule has 0 fully saturated rings. The predicted octanol–water partition coefficient (Wildman–Crippen LogP) is 3.40. The summed E-state index contributed by atoms with van der Waals surface area (Å²) in [6.45, 7) is 1.48. The number of benzene rings is 2. The number of carbonyl (C=O) groups is 1. The van der Waals surface area contributed by atoms with E-state index < -0.39 is 22.5 Å². The van der Waals surface area contributed by atoms with Gasteiger partial charge in [0.2, 0.25) is 0 Å². The molecule has 0 aromatic heterocycles. The highest BCUT2D eigenvalue weighted by Gasteiger charge is 2.15. The van der Waals surface area contributed by atoms with Crippen LogP contribution in [-0.4, -0.2) is 10.9 Å². The second-order valence-electron chi connectivity index (χ2n) is 4.22. The molecule has 0 aliphatic carbocycles. The summed E-state index contributed by atoms with van der Waals surface area (Å²) in [5.74, 6) is -3.17. The average Bonchev–Trinajstić information content (AvgIpc) is 2.42. The monoisotopic (exact) mass is 293 g/mol. The highest BCUT2D eigenvalue weighted by Crippen LogP contribution is 2.21. The first kappa shape index (κ1) is 14.6. The molecule has 0 unspecified atom stereocenters. The molecule has 0 heterocycles. The highest BCUT2D eigenvalue weighted by atomic mass is 19.2. The SMILES string of the molecule is Cc1cc(C(=O)Oc2ccc(F)c(F)c2)ccc1[N+](=O)[O-]. The lowest BCUT2D eigenvalue weighted by Crippen LogP contribution is -2.09. The molecular formula is C14H9F2NO4. The molecule has 0 spiro atoms. The number of nitro groups is 1. The van der Waals surface area contributed by atoms with Crippen molar-refractivity contribution in [2.75, 3.05) is 0 Å². The Labute approximate surface area is 117 Å². The lowest BCUT2D eigenvalue weighted by Gasteiger charge is -2.05. The Hall–Kier alpha value is -2.83. The number of hydrogen-bond acceptors (Lipinski definition) is 4. The van der Waals surface area contributed by atoms with E-state index in [4.69, 9.17) is 4.74 Å². The summed E-state index contributed by atoms with van der Waals surface area (Å²) in [4.78, 5) is 21.9. The van der Waals surface area contributed by atoms with Gasteiger partial charge in [0.1, 0.15) is 5.75 Å². The zero-order valence-corrected chi connectivity index (χ0v) is 10.8. The third kappa shape index (κ3) is 3.19. The highest BCUT2D eigenvalue weighted by molar-refractivity contribution is 5.91. The number of ether oxygens (including phenoxy) is 1. The van der Waals surface area contributed by atoms with E-state index >= 15 is 0 Å². The van der Waals surface area contributed by atoms with Gasteiger partial charge in [-0.15, -0.1) is 0 Å². The number of nitro benzene ring substituents is 1. The predicted molar refractivity (Wildman–Crippen MR) is 69.1 cm³/mol. The van der Waals surface area contributed by atoms with Crippen LogP contribution in [0.3, 0.4) is 0 Å². The van der Waals surface area contributed by atoms with Gasteiger partial charge in [0.05, 0.1) is 10.5 Å². The fourth-order valence-corrected chi connectivity index (χ4v) is 1.69. The number of hydrogen-bond donors (Lipinski definition) is 0. The number of halogens is 2. The molecule has 0 atom stereocenters. The van der Waals surface area contributed by atoms with Gasteiger partial charge in [-0.3, -0.25) is 10.1 Å². The van der Waals surface area contributed by atoms with E-state index in [2.05, 4.69) is 0 Å². The van der Waals surface area contributed by atoms with Crippen molar-refractivity contribution in [3.63, 3.8) is 0 Å². The van der Waals surface area contributed by atoms with Crippen LogP contribution in [0.4, 0.5) is 14.5 Å². The van der Waals surface area contributed by atoms with Gasteiger partial charge in [-0.1, -0.05) is 0 Å². The zero-order chi connectivity index (χ0) is 15.6. The van der Waals surface area contributed by atoms with Crippen LogP contribution in [0.15, 0.2) is 36.4 Å². The van der Waals surface area contributed by atoms with Crippen molar-refractivity contribution in [3.8, 4) is 5.75 Å². The molecule has 2 aromatic carbocycles. The lowest BCUT2D eigenvalue weighted by molar-refractivity contribution is -0.385. The summed E-state index contributed by atoms with van der Waals surface area (Å²) in [7, 11) is 0. The molecule has 7 heteroatoms. The van der Waals surface area contributed by atoms with Crippen molar-refractivity contribution >= 4 is 11.7 Å². The zero-order valence-electron chi connectivity index (χ0n) is 10.8. The van der Waals surface area contributed by atoms with Crippen LogP contribution in [0.5, 0.6) is 5.75 Å². The van der Waals surface area contributed by atoms with E-state index in [1.165, 1.54) is 25.1 Å². The van der Waals surface area contributed by atoms with Gasteiger partial charge < -0.3 is 4.74 Å².